The highest BCUT2D eigenvalue weighted by Gasteiger charge is 2.48. The summed E-state index contributed by atoms with van der Waals surface area (Å²) in [4.78, 5) is 36.6. The van der Waals surface area contributed by atoms with E-state index in [9.17, 15) is 24.6 Å². The van der Waals surface area contributed by atoms with Crippen LogP contribution in [0.3, 0.4) is 0 Å². The highest BCUT2D eigenvalue weighted by molar-refractivity contribution is 6.06. The number of hydrogen-bond donors (Lipinski definition) is 2. The number of carbonyl (C=O) groups is 3. The molecule has 2 aromatic rings. The van der Waals surface area contributed by atoms with Crippen molar-refractivity contribution in [2.24, 2.45) is 0 Å². The Hall–Kier alpha value is -3.21. The quantitative estimate of drug-likeness (QED) is 0.587. The molecule has 0 radical (unpaired) electrons. The number of ketones is 1. The van der Waals surface area contributed by atoms with Crippen LogP contribution in [0.25, 0.3) is 0 Å². The number of carbonyl (C=O) groups excluding carboxylic acids is 1. The molecule has 0 saturated carbocycles. The fourth-order valence-corrected chi connectivity index (χ4v) is 2.97. The zero-order chi connectivity index (χ0) is 19.5. The maximum absolute atomic E-state index is 12.8. The molecule has 5 heteroatoms. The number of carboxylic acid groups (broad SMARTS) is 2. The normalized spacial score (nSPS) is 12.8. The zero-order valence-electron chi connectivity index (χ0n) is 14.7. The summed E-state index contributed by atoms with van der Waals surface area (Å²) in [5.74, 6) is -3.33. The molecule has 2 aromatic carbocycles. The van der Waals surface area contributed by atoms with Crippen LogP contribution in [0.4, 0.5) is 0 Å². The van der Waals surface area contributed by atoms with Crippen molar-refractivity contribution < 1.29 is 24.6 Å². The Balaban J connectivity index is 2.63. The molecule has 1 unspecified atom stereocenters. The van der Waals surface area contributed by atoms with Crippen molar-refractivity contribution in [1.82, 2.24) is 0 Å². The van der Waals surface area contributed by atoms with E-state index in [0.717, 1.165) is 11.1 Å². The van der Waals surface area contributed by atoms with Crippen LogP contribution in [0.15, 0.2) is 60.7 Å². The number of Topliss-reactive ketones (excluding diaryl/α,β-unsaturated/α-hetero) is 1. The zero-order valence-corrected chi connectivity index (χ0v) is 14.7. The highest BCUT2D eigenvalue weighted by atomic mass is 16.4. The van der Waals surface area contributed by atoms with Crippen molar-refractivity contribution in [3.63, 3.8) is 0 Å². The van der Waals surface area contributed by atoms with Crippen LogP contribution in [0, 0.1) is 13.8 Å². The van der Waals surface area contributed by atoms with Gasteiger partial charge in [-0.25, -0.2) is 4.79 Å². The summed E-state index contributed by atoms with van der Waals surface area (Å²) in [7, 11) is 0. The number of carboxylic acids is 2. The van der Waals surface area contributed by atoms with E-state index in [0.29, 0.717) is 5.56 Å². The molecule has 0 saturated heterocycles. The van der Waals surface area contributed by atoms with Gasteiger partial charge in [0, 0.05) is 12.0 Å². The van der Waals surface area contributed by atoms with Crippen LogP contribution in [0.1, 0.15) is 33.5 Å². The number of aryl methyl sites for hydroxylation is 2. The third-order valence-electron chi connectivity index (χ3n) is 4.42. The molecule has 2 N–H and O–H groups in total. The molecule has 1 atom stereocenters. The fraction of sp³-hybridized carbons (Fsp3) is 0.190. The summed E-state index contributed by atoms with van der Waals surface area (Å²) in [6.45, 7) is 7.07. The van der Waals surface area contributed by atoms with Gasteiger partial charge in [-0.2, -0.15) is 0 Å². The molecule has 2 rings (SSSR count). The molecule has 0 aliphatic rings. The van der Waals surface area contributed by atoms with Gasteiger partial charge in [-0.1, -0.05) is 60.2 Å². The first-order chi connectivity index (χ1) is 12.2. The predicted molar refractivity (Wildman–Crippen MR) is 97.4 cm³/mol. The largest absolute Gasteiger partial charge is 0.480 e. The summed E-state index contributed by atoms with van der Waals surface area (Å²) >= 11 is 0. The summed E-state index contributed by atoms with van der Waals surface area (Å²) in [5, 5.41) is 19.4. The smallest absolute Gasteiger partial charge is 0.332 e. The second-order valence-electron chi connectivity index (χ2n) is 6.33. The molecule has 0 bridgehead atoms. The van der Waals surface area contributed by atoms with E-state index in [1.54, 1.807) is 43.3 Å². The molecule has 0 aromatic heterocycles. The molecule has 5 nitrogen and oxygen atoms in total. The van der Waals surface area contributed by atoms with E-state index in [-0.39, 0.29) is 5.56 Å². The van der Waals surface area contributed by atoms with Crippen molar-refractivity contribution in [2.75, 3.05) is 0 Å². The average Bonchev–Trinajstić information content (AvgIpc) is 2.58. The number of rotatable bonds is 7. The van der Waals surface area contributed by atoms with E-state index >= 15 is 0 Å². The van der Waals surface area contributed by atoms with Gasteiger partial charge in [0.25, 0.3) is 0 Å². The van der Waals surface area contributed by atoms with Crippen LogP contribution in [0.5, 0.6) is 0 Å². The lowest BCUT2D eigenvalue weighted by molar-refractivity contribution is -0.145. The monoisotopic (exact) mass is 352 g/mol. The van der Waals surface area contributed by atoms with Crippen LogP contribution < -0.4 is 0 Å². The predicted octanol–water partition coefficient (Wildman–Crippen LogP) is 3.54. The second kappa shape index (κ2) is 7.35. The molecular weight excluding hydrogens is 332 g/mol. The van der Waals surface area contributed by atoms with E-state index in [4.69, 9.17) is 0 Å². The first kappa shape index (κ1) is 19.1. The van der Waals surface area contributed by atoms with Crippen LogP contribution >= 0.6 is 0 Å². The average molecular weight is 352 g/mol. The number of aliphatic carboxylic acids is 2. The van der Waals surface area contributed by atoms with Crippen molar-refractivity contribution >= 4 is 17.7 Å². The van der Waals surface area contributed by atoms with Gasteiger partial charge in [0.1, 0.15) is 5.41 Å². The Morgan fingerprint density at radius 3 is 2.04 bits per heavy atom. The molecule has 0 aliphatic carbocycles. The molecule has 0 aliphatic heterocycles. The summed E-state index contributed by atoms with van der Waals surface area (Å²) in [6, 6.07) is 13.2. The van der Waals surface area contributed by atoms with Gasteiger partial charge >= 0.3 is 11.9 Å². The maximum atomic E-state index is 12.8. The highest BCUT2D eigenvalue weighted by Crippen LogP contribution is 2.37. The van der Waals surface area contributed by atoms with Crippen LogP contribution in [-0.4, -0.2) is 27.9 Å². The Morgan fingerprint density at radius 1 is 0.962 bits per heavy atom. The minimum absolute atomic E-state index is 0.221. The Bertz CT molecular complexity index is 897. The molecule has 134 valence electrons. The standard InChI is InChI=1S/C21H20O5/c1-13-6-4-8-16(10-13)18(22)12-21(20(25)26,15(3)19(23)24)17-9-5-7-14(2)11-17/h4-11H,3,12H2,1-2H3,(H,23,24)(H,25,26). The van der Waals surface area contributed by atoms with Crippen LogP contribution in [0.2, 0.25) is 0 Å². The third-order valence-corrected chi connectivity index (χ3v) is 4.42. The van der Waals surface area contributed by atoms with E-state index in [1.807, 2.05) is 13.0 Å². The molecule has 0 spiro atoms. The lowest BCUT2D eigenvalue weighted by atomic mass is 9.70. The summed E-state index contributed by atoms with van der Waals surface area (Å²) in [6.07, 6.45) is -0.527. The lowest BCUT2D eigenvalue weighted by Crippen LogP contribution is -2.42. The van der Waals surface area contributed by atoms with Crippen molar-refractivity contribution in [2.45, 2.75) is 25.7 Å². The number of benzene rings is 2. The molecule has 0 heterocycles. The molecular formula is C21H20O5. The minimum Gasteiger partial charge on any atom is -0.480 e. The Morgan fingerprint density at radius 2 is 1.54 bits per heavy atom. The van der Waals surface area contributed by atoms with E-state index in [1.165, 1.54) is 6.07 Å². The van der Waals surface area contributed by atoms with Gasteiger partial charge in [0.2, 0.25) is 0 Å². The van der Waals surface area contributed by atoms with Crippen molar-refractivity contribution in [3.05, 3.63) is 82.9 Å². The fourth-order valence-electron chi connectivity index (χ4n) is 2.97. The van der Waals surface area contributed by atoms with Gasteiger partial charge in [-0.15, -0.1) is 0 Å². The summed E-state index contributed by atoms with van der Waals surface area (Å²) in [5.41, 5.74) is -0.422. The van der Waals surface area contributed by atoms with E-state index in [2.05, 4.69) is 6.58 Å². The van der Waals surface area contributed by atoms with Gasteiger partial charge < -0.3 is 10.2 Å². The second-order valence-corrected chi connectivity index (χ2v) is 6.33. The van der Waals surface area contributed by atoms with E-state index < -0.39 is 35.1 Å². The van der Waals surface area contributed by atoms with Gasteiger partial charge in [-0.3, -0.25) is 9.59 Å². The SMILES string of the molecule is C=C(C(=O)O)C(CC(=O)c1cccc(C)c1)(C(=O)O)c1cccc(C)c1. The topological polar surface area (TPSA) is 91.7 Å². The first-order valence-electron chi connectivity index (χ1n) is 8.01. The number of hydrogen-bond acceptors (Lipinski definition) is 3. The third kappa shape index (κ3) is 3.57. The van der Waals surface area contributed by atoms with Gasteiger partial charge in [0.15, 0.2) is 5.78 Å². The molecule has 26 heavy (non-hydrogen) atoms. The van der Waals surface area contributed by atoms with Gasteiger partial charge in [0.05, 0.1) is 5.57 Å². The first-order valence-corrected chi connectivity index (χ1v) is 8.01. The van der Waals surface area contributed by atoms with Crippen molar-refractivity contribution in [1.29, 1.82) is 0 Å². The maximum Gasteiger partial charge on any atom is 0.332 e. The van der Waals surface area contributed by atoms with Crippen LogP contribution in [-0.2, 0) is 15.0 Å². The van der Waals surface area contributed by atoms with Crippen molar-refractivity contribution in [3.8, 4) is 0 Å². The minimum atomic E-state index is -2.04. The molecule has 0 fully saturated rings. The summed E-state index contributed by atoms with van der Waals surface area (Å²) < 4.78 is 0. The Labute approximate surface area is 151 Å². The lowest BCUT2D eigenvalue weighted by Gasteiger charge is -2.30. The molecule has 0 amide bonds. The Kier molecular flexibility index (Phi) is 5.41. The van der Waals surface area contributed by atoms with Gasteiger partial charge in [-0.05, 0) is 25.5 Å².